The van der Waals surface area contributed by atoms with Crippen LogP contribution in [0.3, 0.4) is 0 Å². The maximum atomic E-state index is 5.44. The maximum absolute atomic E-state index is 5.44. The number of nitrogens with zero attached hydrogens (tertiary/aromatic N) is 2. The highest BCUT2D eigenvalue weighted by atomic mass is 16.4. The number of aromatic nitrogens is 2. The molecule has 0 unspecified atom stereocenters. The number of anilines is 1. The molecule has 2 aromatic rings. The van der Waals surface area contributed by atoms with Gasteiger partial charge in [-0.05, 0) is 26.0 Å². The molecule has 2 rings (SSSR count). The van der Waals surface area contributed by atoms with Crippen LogP contribution < -0.4 is 5.73 Å². The Morgan fingerprint density at radius 1 is 1.31 bits per heavy atom. The highest BCUT2D eigenvalue weighted by Gasteiger charge is 2.08. The number of aryl methyl sites for hydroxylation is 2. The van der Waals surface area contributed by atoms with Crippen LogP contribution in [0.25, 0.3) is 6.01 Å². The van der Waals surface area contributed by atoms with Gasteiger partial charge in [0, 0.05) is 11.4 Å². The first kappa shape index (κ1) is 7.91. The van der Waals surface area contributed by atoms with Crippen molar-refractivity contribution in [1.82, 2.24) is 9.55 Å². The second kappa shape index (κ2) is 2.65. The molecule has 0 aromatic carbocycles. The summed E-state index contributed by atoms with van der Waals surface area (Å²) in [6, 6.07) is 4.54. The lowest BCUT2D eigenvalue weighted by Crippen LogP contribution is -1.98. The number of rotatable bonds is 1. The first-order valence-corrected chi connectivity index (χ1v) is 4.05. The van der Waals surface area contributed by atoms with Gasteiger partial charge < -0.3 is 10.2 Å². The van der Waals surface area contributed by atoms with Crippen molar-refractivity contribution in [3.63, 3.8) is 0 Å². The average molecular weight is 177 g/mol. The summed E-state index contributed by atoms with van der Waals surface area (Å²) in [5, 5.41) is 0. The predicted molar refractivity (Wildman–Crippen MR) is 49.7 cm³/mol. The summed E-state index contributed by atoms with van der Waals surface area (Å²) in [5.74, 6) is 0.336. The SMILES string of the molecule is Cc1ccc(C)n1-c1ncc(N)o1. The van der Waals surface area contributed by atoms with E-state index in [1.54, 1.807) is 0 Å². The van der Waals surface area contributed by atoms with Crippen LogP contribution in [0, 0.1) is 13.8 Å². The van der Waals surface area contributed by atoms with Crippen LogP contribution in [-0.2, 0) is 0 Å². The lowest BCUT2D eigenvalue weighted by molar-refractivity contribution is 0.537. The van der Waals surface area contributed by atoms with E-state index in [0.29, 0.717) is 11.9 Å². The van der Waals surface area contributed by atoms with Crippen molar-refractivity contribution >= 4 is 5.88 Å². The van der Waals surface area contributed by atoms with Crippen LogP contribution in [0.1, 0.15) is 11.4 Å². The van der Waals surface area contributed by atoms with E-state index in [1.807, 2.05) is 30.5 Å². The van der Waals surface area contributed by atoms with E-state index in [4.69, 9.17) is 10.2 Å². The zero-order valence-corrected chi connectivity index (χ0v) is 7.61. The summed E-state index contributed by atoms with van der Waals surface area (Å²) in [5.41, 5.74) is 7.61. The monoisotopic (exact) mass is 177 g/mol. The molecular weight excluding hydrogens is 166 g/mol. The molecule has 0 aliphatic heterocycles. The van der Waals surface area contributed by atoms with Crippen LogP contribution in [0.4, 0.5) is 5.88 Å². The number of hydrogen-bond donors (Lipinski definition) is 1. The molecule has 0 radical (unpaired) electrons. The minimum atomic E-state index is 0.336. The Morgan fingerprint density at radius 3 is 2.38 bits per heavy atom. The predicted octanol–water partition coefficient (Wildman–Crippen LogP) is 1.66. The molecule has 0 amide bonds. The lowest BCUT2D eigenvalue weighted by Gasteiger charge is -2.01. The molecule has 0 spiro atoms. The van der Waals surface area contributed by atoms with Crippen molar-refractivity contribution in [2.75, 3.05) is 5.73 Å². The zero-order chi connectivity index (χ0) is 9.42. The van der Waals surface area contributed by atoms with E-state index in [2.05, 4.69) is 4.98 Å². The van der Waals surface area contributed by atoms with Gasteiger partial charge >= 0.3 is 6.01 Å². The maximum Gasteiger partial charge on any atom is 0.307 e. The van der Waals surface area contributed by atoms with Crippen molar-refractivity contribution in [2.24, 2.45) is 0 Å². The summed E-state index contributed by atoms with van der Waals surface area (Å²) in [4.78, 5) is 4.05. The van der Waals surface area contributed by atoms with Gasteiger partial charge in [0.1, 0.15) is 0 Å². The molecule has 0 atom stereocenters. The van der Waals surface area contributed by atoms with Crippen molar-refractivity contribution < 1.29 is 4.42 Å². The number of hydrogen-bond acceptors (Lipinski definition) is 3. The van der Waals surface area contributed by atoms with Crippen molar-refractivity contribution in [3.8, 4) is 6.01 Å². The molecule has 2 heterocycles. The summed E-state index contributed by atoms with van der Waals surface area (Å²) >= 11 is 0. The van der Waals surface area contributed by atoms with Gasteiger partial charge in [-0.3, -0.25) is 4.57 Å². The van der Waals surface area contributed by atoms with E-state index in [9.17, 15) is 0 Å². The quantitative estimate of drug-likeness (QED) is 0.720. The Morgan fingerprint density at radius 2 is 1.92 bits per heavy atom. The molecule has 0 saturated heterocycles. The molecule has 0 bridgehead atoms. The third kappa shape index (κ3) is 1.20. The van der Waals surface area contributed by atoms with Crippen molar-refractivity contribution in [3.05, 3.63) is 29.7 Å². The highest BCUT2D eigenvalue weighted by Crippen LogP contribution is 2.16. The Kier molecular flexibility index (Phi) is 1.62. The fourth-order valence-corrected chi connectivity index (χ4v) is 1.35. The van der Waals surface area contributed by atoms with E-state index in [1.165, 1.54) is 6.20 Å². The van der Waals surface area contributed by atoms with Gasteiger partial charge in [0.2, 0.25) is 5.88 Å². The first-order valence-electron chi connectivity index (χ1n) is 4.05. The van der Waals surface area contributed by atoms with E-state index >= 15 is 0 Å². The van der Waals surface area contributed by atoms with Gasteiger partial charge in [-0.15, -0.1) is 0 Å². The smallest absolute Gasteiger partial charge is 0.307 e. The van der Waals surface area contributed by atoms with E-state index in [-0.39, 0.29) is 0 Å². The molecule has 68 valence electrons. The Labute approximate surface area is 76.0 Å². The molecule has 2 aromatic heterocycles. The second-order valence-electron chi connectivity index (χ2n) is 3.00. The normalized spacial score (nSPS) is 10.6. The Bertz CT molecular complexity index is 408. The Balaban J connectivity index is 2.57. The largest absolute Gasteiger partial charge is 0.407 e. The fourth-order valence-electron chi connectivity index (χ4n) is 1.35. The van der Waals surface area contributed by atoms with Crippen molar-refractivity contribution in [1.29, 1.82) is 0 Å². The van der Waals surface area contributed by atoms with Crippen molar-refractivity contribution in [2.45, 2.75) is 13.8 Å². The van der Waals surface area contributed by atoms with Gasteiger partial charge in [0.15, 0.2) is 0 Å². The molecule has 0 aliphatic rings. The first-order chi connectivity index (χ1) is 6.18. The Hall–Kier alpha value is -1.71. The summed E-state index contributed by atoms with van der Waals surface area (Å²) in [6.45, 7) is 3.99. The summed E-state index contributed by atoms with van der Waals surface area (Å²) in [7, 11) is 0. The zero-order valence-electron chi connectivity index (χ0n) is 7.61. The van der Waals surface area contributed by atoms with Crippen LogP contribution in [0.2, 0.25) is 0 Å². The third-order valence-electron chi connectivity index (χ3n) is 1.97. The lowest BCUT2D eigenvalue weighted by atomic mass is 10.5. The van der Waals surface area contributed by atoms with Gasteiger partial charge in [-0.25, -0.2) is 0 Å². The van der Waals surface area contributed by atoms with Crippen LogP contribution in [-0.4, -0.2) is 9.55 Å². The number of nitrogens with two attached hydrogens (primary N) is 1. The van der Waals surface area contributed by atoms with Crippen LogP contribution in [0.5, 0.6) is 0 Å². The molecule has 0 fully saturated rings. The number of oxazole rings is 1. The van der Waals surface area contributed by atoms with E-state index in [0.717, 1.165) is 11.4 Å². The summed E-state index contributed by atoms with van der Waals surface area (Å²) in [6.07, 6.45) is 1.51. The minimum Gasteiger partial charge on any atom is -0.407 e. The van der Waals surface area contributed by atoms with Gasteiger partial charge in [-0.1, -0.05) is 0 Å². The fraction of sp³-hybridized carbons (Fsp3) is 0.222. The van der Waals surface area contributed by atoms with Gasteiger partial charge in [0.25, 0.3) is 0 Å². The van der Waals surface area contributed by atoms with Gasteiger partial charge in [0.05, 0.1) is 6.20 Å². The molecule has 0 saturated carbocycles. The molecule has 13 heavy (non-hydrogen) atoms. The number of nitrogen functional groups attached to an aromatic ring is 1. The van der Waals surface area contributed by atoms with Gasteiger partial charge in [-0.2, -0.15) is 4.98 Å². The molecule has 0 aliphatic carbocycles. The molecular formula is C9H11N3O. The third-order valence-corrected chi connectivity index (χ3v) is 1.97. The molecule has 4 nitrogen and oxygen atoms in total. The molecule has 4 heteroatoms. The summed E-state index contributed by atoms with van der Waals surface area (Å²) < 4.78 is 7.13. The average Bonchev–Trinajstić information content (AvgIpc) is 2.60. The van der Waals surface area contributed by atoms with Crippen LogP contribution in [0.15, 0.2) is 22.7 Å². The topological polar surface area (TPSA) is 57.0 Å². The second-order valence-corrected chi connectivity index (χ2v) is 3.00. The molecule has 2 N–H and O–H groups in total. The van der Waals surface area contributed by atoms with Crippen LogP contribution >= 0.6 is 0 Å². The standard InChI is InChI=1S/C9H11N3O/c1-6-3-4-7(2)12(6)9-11-5-8(10)13-9/h3-5H,10H2,1-2H3. The highest BCUT2D eigenvalue weighted by molar-refractivity contribution is 5.28. The minimum absolute atomic E-state index is 0.336. The van der Waals surface area contributed by atoms with E-state index < -0.39 is 0 Å².